The molecule has 3 nitrogen and oxygen atoms in total. The number of carbonyl (C=O) groups excluding carboxylic acids is 1. The highest BCUT2D eigenvalue weighted by atomic mass is 16.2. The molecule has 0 aliphatic carbocycles. The predicted octanol–water partition coefficient (Wildman–Crippen LogP) is 4.81. The lowest BCUT2D eigenvalue weighted by atomic mass is 9.86. The topological polar surface area (TPSA) is 23.6 Å². The van der Waals surface area contributed by atoms with Crippen molar-refractivity contribution in [3.63, 3.8) is 0 Å². The molecule has 0 spiro atoms. The van der Waals surface area contributed by atoms with E-state index >= 15 is 0 Å². The minimum atomic E-state index is -0.226. The summed E-state index contributed by atoms with van der Waals surface area (Å²) in [6, 6.07) is 0. The molecule has 1 amide bonds. The minimum Gasteiger partial charge on any atom is -0.342 e. The highest BCUT2D eigenvalue weighted by Gasteiger charge is 2.30. The summed E-state index contributed by atoms with van der Waals surface area (Å²) in [5.41, 5.74) is -0.226. The monoisotopic (exact) mass is 350 g/mol. The molecule has 2 saturated heterocycles. The number of nitrogens with zero attached hydrogens (tertiary/aromatic N) is 2. The van der Waals surface area contributed by atoms with E-state index in [1.165, 1.54) is 64.6 Å². The van der Waals surface area contributed by atoms with Gasteiger partial charge in [0.15, 0.2) is 0 Å². The third-order valence-corrected chi connectivity index (χ3v) is 6.46. The quantitative estimate of drug-likeness (QED) is 0.642. The first-order valence-corrected chi connectivity index (χ1v) is 10.8. The van der Waals surface area contributed by atoms with Crippen LogP contribution in [0.5, 0.6) is 0 Å². The Hall–Kier alpha value is -0.570. The number of piperidine rings is 2. The van der Waals surface area contributed by atoms with Gasteiger partial charge in [-0.25, -0.2) is 0 Å². The summed E-state index contributed by atoms with van der Waals surface area (Å²) >= 11 is 0. The molecule has 0 unspecified atom stereocenters. The molecule has 2 fully saturated rings. The Kier molecular flexibility index (Phi) is 7.79. The van der Waals surface area contributed by atoms with Crippen LogP contribution >= 0.6 is 0 Å². The Morgan fingerprint density at radius 1 is 0.960 bits per heavy atom. The van der Waals surface area contributed by atoms with Crippen molar-refractivity contribution < 1.29 is 4.79 Å². The molecule has 25 heavy (non-hydrogen) atoms. The van der Waals surface area contributed by atoms with Crippen molar-refractivity contribution >= 4 is 5.91 Å². The Morgan fingerprint density at radius 3 is 2.08 bits per heavy atom. The third kappa shape index (κ3) is 6.58. The smallest absolute Gasteiger partial charge is 0.227 e. The molecule has 0 atom stereocenters. The number of likely N-dealkylation sites (tertiary alicyclic amines) is 2. The van der Waals surface area contributed by atoms with E-state index in [1.807, 2.05) is 20.8 Å². The van der Waals surface area contributed by atoms with Crippen molar-refractivity contribution in [3.8, 4) is 0 Å². The Bertz CT molecular complexity index is 397. The van der Waals surface area contributed by atoms with Crippen LogP contribution in [0.2, 0.25) is 0 Å². The largest absolute Gasteiger partial charge is 0.342 e. The van der Waals surface area contributed by atoms with Crippen LogP contribution in [0.15, 0.2) is 0 Å². The van der Waals surface area contributed by atoms with Gasteiger partial charge in [0, 0.05) is 18.5 Å². The van der Waals surface area contributed by atoms with Gasteiger partial charge in [0.05, 0.1) is 0 Å². The number of rotatable bonds is 6. The van der Waals surface area contributed by atoms with Crippen LogP contribution in [0.3, 0.4) is 0 Å². The SMILES string of the molecule is CC(C)C1CCN(CCCCC2CCN(C(=O)C(C)(C)C)CC2)CC1. The molecular formula is C22H42N2O. The summed E-state index contributed by atoms with van der Waals surface area (Å²) in [6.45, 7) is 16.7. The van der Waals surface area contributed by atoms with Gasteiger partial charge < -0.3 is 9.80 Å². The summed E-state index contributed by atoms with van der Waals surface area (Å²) in [5, 5.41) is 0. The lowest BCUT2D eigenvalue weighted by Crippen LogP contribution is -2.44. The lowest BCUT2D eigenvalue weighted by Gasteiger charge is -2.36. The van der Waals surface area contributed by atoms with Gasteiger partial charge >= 0.3 is 0 Å². The zero-order valence-corrected chi connectivity index (χ0v) is 17.5. The second-order valence-electron chi connectivity index (χ2n) is 9.90. The van der Waals surface area contributed by atoms with Gasteiger partial charge in [0.1, 0.15) is 0 Å². The normalized spacial score (nSPS) is 21.9. The van der Waals surface area contributed by atoms with Crippen molar-refractivity contribution in [1.29, 1.82) is 0 Å². The van der Waals surface area contributed by atoms with E-state index in [0.29, 0.717) is 5.91 Å². The molecule has 0 radical (unpaired) electrons. The summed E-state index contributed by atoms with van der Waals surface area (Å²) in [7, 11) is 0. The van der Waals surface area contributed by atoms with Crippen molar-refractivity contribution in [1.82, 2.24) is 9.80 Å². The molecule has 0 bridgehead atoms. The molecule has 2 aliphatic rings. The van der Waals surface area contributed by atoms with Gasteiger partial charge in [-0.2, -0.15) is 0 Å². The number of amides is 1. The van der Waals surface area contributed by atoms with E-state index in [0.717, 1.165) is 30.8 Å². The van der Waals surface area contributed by atoms with E-state index in [-0.39, 0.29) is 5.41 Å². The average Bonchev–Trinajstić information content (AvgIpc) is 2.58. The minimum absolute atomic E-state index is 0.226. The Balaban J connectivity index is 1.55. The molecule has 3 heteroatoms. The van der Waals surface area contributed by atoms with E-state index in [2.05, 4.69) is 23.6 Å². The number of unbranched alkanes of at least 4 members (excludes halogenated alkanes) is 1. The van der Waals surface area contributed by atoms with E-state index < -0.39 is 0 Å². The van der Waals surface area contributed by atoms with Gasteiger partial charge in [0.25, 0.3) is 0 Å². The van der Waals surface area contributed by atoms with Gasteiger partial charge in [-0.3, -0.25) is 4.79 Å². The highest BCUT2D eigenvalue weighted by molar-refractivity contribution is 5.81. The maximum Gasteiger partial charge on any atom is 0.227 e. The fraction of sp³-hybridized carbons (Fsp3) is 0.955. The van der Waals surface area contributed by atoms with Gasteiger partial charge in [-0.15, -0.1) is 0 Å². The summed E-state index contributed by atoms with van der Waals surface area (Å²) in [6.07, 6.45) is 9.30. The fourth-order valence-electron chi connectivity index (χ4n) is 4.51. The molecule has 0 aromatic rings. The van der Waals surface area contributed by atoms with Gasteiger partial charge in [-0.1, -0.05) is 47.5 Å². The van der Waals surface area contributed by atoms with E-state index in [9.17, 15) is 4.79 Å². The maximum atomic E-state index is 12.3. The first-order valence-electron chi connectivity index (χ1n) is 10.8. The molecule has 2 heterocycles. The Labute approximate surface area is 156 Å². The van der Waals surface area contributed by atoms with Crippen molar-refractivity contribution in [2.24, 2.45) is 23.2 Å². The first kappa shape index (κ1) is 20.7. The maximum absolute atomic E-state index is 12.3. The predicted molar refractivity (Wildman–Crippen MR) is 107 cm³/mol. The molecule has 0 aromatic carbocycles. The molecular weight excluding hydrogens is 308 g/mol. The van der Waals surface area contributed by atoms with Crippen LogP contribution in [0.25, 0.3) is 0 Å². The van der Waals surface area contributed by atoms with E-state index in [4.69, 9.17) is 0 Å². The second kappa shape index (κ2) is 9.39. The van der Waals surface area contributed by atoms with Gasteiger partial charge in [0.2, 0.25) is 5.91 Å². The number of carbonyl (C=O) groups is 1. The summed E-state index contributed by atoms with van der Waals surface area (Å²) in [5.74, 6) is 2.99. The van der Waals surface area contributed by atoms with E-state index in [1.54, 1.807) is 0 Å². The van der Waals surface area contributed by atoms with Crippen LogP contribution < -0.4 is 0 Å². The Morgan fingerprint density at radius 2 is 1.56 bits per heavy atom. The third-order valence-electron chi connectivity index (χ3n) is 6.46. The second-order valence-corrected chi connectivity index (χ2v) is 9.90. The van der Waals surface area contributed by atoms with Crippen LogP contribution in [0.1, 0.15) is 79.6 Å². The van der Waals surface area contributed by atoms with Crippen molar-refractivity contribution in [3.05, 3.63) is 0 Å². The van der Waals surface area contributed by atoms with Crippen molar-refractivity contribution in [2.75, 3.05) is 32.7 Å². The summed E-state index contributed by atoms with van der Waals surface area (Å²) < 4.78 is 0. The molecule has 2 rings (SSSR count). The zero-order valence-electron chi connectivity index (χ0n) is 17.5. The fourth-order valence-corrected chi connectivity index (χ4v) is 4.51. The molecule has 146 valence electrons. The molecule has 0 aromatic heterocycles. The summed E-state index contributed by atoms with van der Waals surface area (Å²) in [4.78, 5) is 17.1. The van der Waals surface area contributed by atoms with Crippen LogP contribution in [0.4, 0.5) is 0 Å². The number of hydrogen-bond acceptors (Lipinski definition) is 2. The standard InChI is InChI=1S/C22H42N2O/c1-18(2)20-11-14-23(15-12-20)13-7-6-8-19-9-16-24(17-10-19)21(25)22(3,4)5/h18-20H,6-17H2,1-5H3. The highest BCUT2D eigenvalue weighted by Crippen LogP contribution is 2.27. The molecule has 2 aliphatic heterocycles. The lowest BCUT2D eigenvalue weighted by molar-refractivity contribution is -0.140. The van der Waals surface area contributed by atoms with Crippen LogP contribution in [-0.2, 0) is 4.79 Å². The van der Waals surface area contributed by atoms with Crippen molar-refractivity contribution in [2.45, 2.75) is 79.6 Å². The van der Waals surface area contributed by atoms with Crippen LogP contribution in [-0.4, -0.2) is 48.4 Å². The van der Waals surface area contributed by atoms with Crippen LogP contribution in [0, 0.1) is 23.2 Å². The average molecular weight is 351 g/mol. The molecule has 0 saturated carbocycles. The zero-order chi connectivity index (χ0) is 18.4. The molecule has 0 N–H and O–H groups in total. The van der Waals surface area contributed by atoms with Gasteiger partial charge in [-0.05, 0) is 69.5 Å². The first-order chi connectivity index (χ1) is 11.8. The number of hydrogen-bond donors (Lipinski definition) is 0.